The van der Waals surface area contributed by atoms with Gasteiger partial charge in [0.25, 0.3) is 0 Å². The van der Waals surface area contributed by atoms with E-state index in [1.165, 1.54) is 30.4 Å². The molecular weight excluding hydrogens is 284 g/mol. The number of carboxylic acid groups (broad SMARTS) is 1. The van der Waals surface area contributed by atoms with Crippen LogP contribution in [0, 0.1) is 0 Å². The first-order valence-corrected chi connectivity index (χ1v) is 8.94. The number of fused-ring (bicyclic) bond motifs is 1. The smallest absolute Gasteiger partial charge is 0.336 e. The first kappa shape index (κ1) is 17.5. The molecule has 124 valence electrons. The van der Waals surface area contributed by atoms with E-state index >= 15 is 0 Å². The highest BCUT2D eigenvalue weighted by atomic mass is 16.4. The van der Waals surface area contributed by atoms with Crippen LogP contribution in [0.3, 0.4) is 0 Å². The molecule has 0 aliphatic carbocycles. The summed E-state index contributed by atoms with van der Waals surface area (Å²) in [5.41, 5.74) is 4.21. The Morgan fingerprint density at radius 2 is 1.52 bits per heavy atom. The molecule has 2 aromatic rings. The summed E-state index contributed by atoms with van der Waals surface area (Å²) >= 11 is 0. The van der Waals surface area contributed by atoms with Crippen molar-refractivity contribution >= 4 is 16.7 Å². The normalized spacial score (nSPS) is 11.1. The molecular formula is C21H28O2. The molecule has 0 heterocycles. The molecule has 2 heteroatoms. The van der Waals surface area contributed by atoms with Gasteiger partial charge in [-0.2, -0.15) is 0 Å². The maximum absolute atomic E-state index is 12.0. The first-order chi connectivity index (χ1) is 11.2. The summed E-state index contributed by atoms with van der Waals surface area (Å²) < 4.78 is 0. The number of unbranched alkanes of at least 4 members (excludes halogenated alkanes) is 3. The van der Waals surface area contributed by atoms with Gasteiger partial charge in [0.05, 0.1) is 5.56 Å². The highest BCUT2D eigenvalue weighted by Crippen LogP contribution is 2.33. The highest BCUT2D eigenvalue weighted by Gasteiger charge is 2.21. The Balaban J connectivity index is 2.65. The van der Waals surface area contributed by atoms with E-state index in [0.717, 1.165) is 42.0 Å². The summed E-state index contributed by atoms with van der Waals surface area (Å²) in [5, 5.41) is 11.9. The predicted molar refractivity (Wildman–Crippen MR) is 97.5 cm³/mol. The second-order valence-corrected chi connectivity index (χ2v) is 6.18. The van der Waals surface area contributed by atoms with Crippen molar-refractivity contribution in [2.24, 2.45) is 0 Å². The standard InChI is InChI=1S/C21H28O2/c1-4-7-8-9-13-18-16(6-3)15(5-2)17-12-10-11-14-19(17)20(18)21(22)23/h10-12,14H,4-9,13H2,1-3H3,(H,22,23). The monoisotopic (exact) mass is 312 g/mol. The second-order valence-electron chi connectivity index (χ2n) is 6.18. The Labute approximate surface area is 139 Å². The lowest BCUT2D eigenvalue weighted by atomic mass is 9.84. The topological polar surface area (TPSA) is 37.3 Å². The fourth-order valence-electron chi connectivity index (χ4n) is 3.70. The van der Waals surface area contributed by atoms with Gasteiger partial charge < -0.3 is 5.11 Å². The number of hydrogen-bond donors (Lipinski definition) is 1. The molecule has 0 aliphatic rings. The maximum atomic E-state index is 12.0. The van der Waals surface area contributed by atoms with Crippen molar-refractivity contribution in [2.75, 3.05) is 0 Å². The molecule has 0 atom stereocenters. The van der Waals surface area contributed by atoms with E-state index in [9.17, 15) is 9.90 Å². The summed E-state index contributed by atoms with van der Waals surface area (Å²) in [7, 11) is 0. The van der Waals surface area contributed by atoms with Crippen LogP contribution in [0.15, 0.2) is 24.3 Å². The van der Waals surface area contributed by atoms with Crippen molar-refractivity contribution < 1.29 is 9.90 Å². The quantitative estimate of drug-likeness (QED) is 0.627. The van der Waals surface area contributed by atoms with Gasteiger partial charge in [0.2, 0.25) is 0 Å². The molecule has 0 fully saturated rings. The third-order valence-corrected chi connectivity index (χ3v) is 4.75. The molecule has 23 heavy (non-hydrogen) atoms. The van der Waals surface area contributed by atoms with Crippen molar-refractivity contribution in [1.29, 1.82) is 0 Å². The number of hydrogen-bond acceptors (Lipinski definition) is 1. The Morgan fingerprint density at radius 3 is 2.09 bits per heavy atom. The molecule has 2 rings (SSSR count). The van der Waals surface area contributed by atoms with Gasteiger partial charge in [-0.15, -0.1) is 0 Å². The van der Waals surface area contributed by atoms with Crippen LogP contribution in [0.25, 0.3) is 10.8 Å². The summed E-state index contributed by atoms with van der Waals surface area (Å²) in [5.74, 6) is -0.788. The fourth-order valence-corrected chi connectivity index (χ4v) is 3.70. The maximum Gasteiger partial charge on any atom is 0.336 e. The molecule has 0 spiro atoms. The van der Waals surface area contributed by atoms with Crippen molar-refractivity contribution in [3.8, 4) is 0 Å². The molecule has 2 aromatic carbocycles. The number of carbonyl (C=O) groups is 1. The van der Waals surface area contributed by atoms with Gasteiger partial charge in [-0.05, 0) is 53.1 Å². The zero-order chi connectivity index (χ0) is 16.8. The fraction of sp³-hybridized carbons (Fsp3) is 0.476. The number of aryl methyl sites for hydroxylation is 1. The minimum absolute atomic E-state index is 0.533. The van der Waals surface area contributed by atoms with Gasteiger partial charge in [-0.3, -0.25) is 0 Å². The van der Waals surface area contributed by atoms with Gasteiger partial charge in [0.15, 0.2) is 0 Å². The van der Waals surface area contributed by atoms with E-state index in [-0.39, 0.29) is 0 Å². The number of benzene rings is 2. The van der Waals surface area contributed by atoms with Gasteiger partial charge in [-0.1, -0.05) is 64.3 Å². The summed E-state index contributed by atoms with van der Waals surface area (Å²) in [4.78, 5) is 12.0. The van der Waals surface area contributed by atoms with E-state index < -0.39 is 5.97 Å². The van der Waals surface area contributed by atoms with Crippen LogP contribution < -0.4 is 0 Å². The van der Waals surface area contributed by atoms with E-state index in [1.54, 1.807) is 0 Å². The average molecular weight is 312 g/mol. The molecule has 0 radical (unpaired) electrons. The molecule has 1 N–H and O–H groups in total. The zero-order valence-corrected chi connectivity index (χ0v) is 14.6. The van der Waals surface area contributed by atoms with Crippen LogP contribution in [0.5, 0.6) is 0 Å². The van der Waals surface area contributed by atoms with Crippen LogP contribution >= 0.6 is 0 Å². The van der Waals surface area contributed by atoms with Crippen LogP contribution in [0.2, 0.25) is 0 Å². The van der Waals surface area contributed by atoms with Crippen LogP contribution in [0.1, 0.15) is 73.5 Å². The first-order valence-electron chi connectivity index (χ1n) is 8.94. The number of rotatable bonds is 8. The van der Waals surface area contributed by atoms with Crippen molar-refractivity contribution in [3.05, 3.63) is 46.5 Å². The minimum atomic E-state index is -0.788. The van der Waals surface area contributed by atoms with Crippen LogP contribution in [0.4, 0.5) is 0 Å². The Bertz CT molecular complexity index is 686. The lowest BCUT2D eigenvalue weighted by Gasteiger charge is -2.20. The Kier molecular flexibility index (Phi) is 6.20. The van der Waals surface area contributed by atoms with E-state index in [4.69, 9.17) is 0 Å². The van der Waals surface area contributed by atoms with Gasteiger partial charge in [0.1, 0.15) is 0 Å². The van der Waals surface area contributed by atoms with Crippen LogP contribution in [-0.2, 0) is 19.3 Å². The summed E-state index contributed by atoms with van der Waals surface area (Å²) in [6, 6.07) is 7.99. The number of carboxylic acids is 1. The molecule has 0 saturated carbocycles. The van der Waals surface area contributed by atoms with Gasteiger partial charge >= 0.3 is 5.97 Å². The SMILES string of the molecule is CCCCCCc1c(CC)c(CC)c2ccccc2c1C(=O)O. The predicted octanol–water partition coefficient (Wildman–Crippen LogP) is 5.79. The van der Waals surface area contributed by atoms with E-state index in [2.05, 4.69) is 26.8 Å². The molecule has 0 aromatic heterocycles. The molecule has 0 unspecified atom stereocenters. The van der Waals surface area contributed by atoms with Crippen molar-refractivity contribution in [3.63, 3.8) is 0 Å². The summed E-state index contributed by atoms with van der Waals surface area (Å²) in [6.45, 7) is 6.51. The third-order valence-electron chi connectivity index (χ3n) is 4.75. The Morgan fingerprint density at radius 1 is 0.870 bits per heavy atom. The second kappa shape index (κ2) is 8.14. The summed E-state index contributed by atoms with van der Waals surface area (Å²) in [6.07, 6.45) is 7.39. The zero-order valence-electron chi connectivity index (χ0n) is 14.6. The average Bonchev–Trinajstić information content (AvgIpc) is 2.56. The van der Waals surface area contributed by atoms with Crippen LogP contribution in [-0.4, -0.2) is 11.1 Å². The van der Waals surface area contributed by atoms with Gasteiger partial charge in [-0.25, -0.2) is 4.79 Å². The lowest BCUT2D eigenvalue weighted by Crippen LogP contribution is -2.10. The largest absolute Gasteiger partial charge is 0.478 e. The van der Waals surface area contributed by atoms with Gasteiger partial charge in [0, 0.05) is 0 Å². The van der Waals surface area contributed by atoms with E-state index in [1.807, 2.05) is 18.2 Å². The Hall–Kier alpha value is -1.83. The molecule has 2 nitrogen and oxygen atoms in total. The van der Waals surface area contributed by atoms with E-state index in [0.29, 0.717) is 5.56 Å². The third kappa shape index (κ3) is 3.57. The minimum Gasteiger partial charge on any atom is -0.478 e. The highest BCUT2D eigenvalue weighted by molar-refractivity contribution is 6.06. The van der Waals surface area contributed by atoms with Crippen molar-refractivity contribution in [1.82, 2.24) is 0 Å². The molecule has 0 saturated heterocycles. The molecule has 0 amide bonds. The number of aromatic carboxylic acids is 1. The molecule has 0 aliphatic heterocycles. The lowest BCUT2D eigenvalue weighted by molar-refractivity contribution is 0.0697. The molecule has 0 bridgehead atoms. The van der Waals surface area contributed by atoms with Crippen molar-refractivity contribution in [2.45, 2.75) is 65.7 Å².